The van der Waals surface area contributed by atoms with E-state index >= 15 is 0 Å². The minimum atomic E-state index is 0.380. The van der Waals surface area contributed by atoms with Gasteiger partial charge in [-0.15, -0.1) is 0 Å². The van der Waals surface area contributed by atoms with Gasteiger partial charge in [-0.25, -0.2) is 0 Å². The highest BCUT2D eigenvalue weighted by Crippen LogP contribution is 2.25. The molecule has 0 bridgehead atoms. The van der Waals surface area contributed by atoms with Crippen molar-refractivity contribution in [1.29, 1.82) is 0 Å². The van der Waals surface area contributed by atoms with E-state index in [4.69, 9.17) is 9.47 Å². The van der Waals surface area contributed by atoms with Crippen LogP contribution in [0.25, 0.3) is 0 Å². The van der Waals surface area contributed by atoms with Crippen LogP contribution in [0.1, 0.15) is 47.9 Å². The second-order valence-electron chi connectivity index (χ2n) is 6.99. The van der Waals surface area contributed by atoms with Gasteiger partial charge in [-0.3, -0.25) is 0 Å². The Hall–Kier alpha value is -1.64. The van der Waals surface area contributed by atoms with Gasteiger partial charge in [0.25, 0.3) is 0 Å². The summed E-state index contributed by atoms with van der Waals surface area (Å²) in [6.45, 7) is 5.67. The maximum absolute atomic E-state index is 6.08. The topological polar surface area (TPSA) is 18.5 Å². The Morgan fingerprint density at radius 1 is 0.625 bits per heavy atom. The van der Waals surface area contributed by atoms with Crippen molar-refractivity contribution in [1.82, 2.24) is 0 Å². The molecule has 1 saturated carbocycles. The molecule has 0 saturated heterocycles. The molecule has 0 amide bonds. The van der Waals surface area contributed by atoms with E-state index in [9.17, 15) is 0 Å². The molecule has 3 rings (SSSR count). The van der Waals surface area contributed by atoms with Gasteiger partial charge in [0.2, 0.25) is 0 Å². The number of ether oxygens (including phenoxy) is 2. The van der Waals surface area contributed by atoms with Gasteiger partial charge in [-0.05, 0) is 50.7 Å². The molecule has 2 heteroatoms. The quantitative estimate of drug-likeness (QED) is 0.713. The zero-order chi connectivity index (χ0) is 16.8. The predicted molar refractivity (Wildman–Crippen MR) is 98.0 cm³/mol. The van der Waals surface area contributed by atoms with E-state index in [1.807, 2.05) is 0 Å². The lowest BCUT2D eigenvalue weighted by molar-refractivity contribution is -0.0419. The van der Waals surface area contributed by atoms with E-state index in [2.05, 4.69) is 62.4 Å². The van der Waals surface area contributed by atoms with Gasteiger partial charge in [0, 0.05) is 0 Å². The summed E-state index contributed by atoms with van der Waals surface area (Å²) < 4.78 is 12.2. The molecule has 0 atom stereocenters. The summed E-state index contributed by atoms with van der Waals surface area (Å²) in [6.07, 6.45) is 5.17. The third-order valence-corrected chi connectivity index (χ3v) is 4.83. The highest BCUT2D eigenvalue weighted by Gasteiger charge is 2.22. The minimum absolute atomic E-state index is 0.380. The average molecular weight is 324 g/mol. The zero-order valence-corrected chi connectivity index (χ0v) is 14.8. The van der Waals surface area contributed by atoms with E-state index in [0.717, 1.165) is 38.9 Å². The van der Waals surface area contributed by atoms with Crippen molar-refractivity contribution in [3.63, 3.8) is 0 Å². The molecular formula is C22H28O2. The largest absolute Gasteiger partial charge is 0.374 e. The van der Waals surface area contributed by atoms with E-state index in [-0.39, 0.29) is 0 Å². The van der Waals surface area contributed by atoms with Crippen LogP contribution in [0.15, 0.2) is 48.5 Å². The molecule has 1 aliphatic rings. The van der Waals surface area contributed by atoms with Crippen molar-refractivity contribution < 1.29 is 9.47 Å². The van der Waals surface area contributed by atoms with Crippen molar-refractivity contribution in [3.8, 4) is 0 Å². The summed E-state index contributed by atoms with van der Waals surface area (Å²) in [7, 11) is 0. The van der Waals surface area contributed by atoms with Crippen molar-refractivity contribution in [3.05, 3.63) is 70.8 Å². The van der Waals surface area contributed by atoms with Gasteiger partial charge in [0.1, 0.15) is 0 Å². The van der Waals surface area contributed by atoms with Crippen LogP contribution in [0.4, 0.5) is 0 Å². The molecule has 1 aliphatic carbocycles. The van der Waals surface area contributed by atoms with Gasteiger partial charge in [-0.1, -0.05) is 59.7 Å². The first-order chi connectivity index (χ1) is 11.7. The lowest BCUT2D eigenvalue weighted by Crippen LogP contribution is -2.26. The second-order valence-corrected chi connectivity index (χ2v) is 6.99. The SMILES string of the molecule is Cc1ccc(COC2CCC(OCc3ccc(C)cc3)CC2)cc1. The van der Waals surface area contributed by atoms with Gasteiger partial charge in [0.15, 0.2) is 0 Å². The fourth-order valence-electron chi connectivity index (χ4n) is 3.16. The summed E-state index contributed by atoms with van der Waals surface area (Å²) in [6, 6.07) is 17.2. The molecule has 128 valence electrons. The number of benzene rings is 2. The molecule has 2 aromatic carbocycles. The zero-order valence-electron chi connectivity index (χ0n) is 14.8. The fourth-order valence-corrected chi connectivity index (χ4v) is 3.16. The monoisotopic (exact) mass is 324 g/mol. The van der Waals surface area contributed by atoms with Gasteiger partial charge >= 0.3 is 0 Å². The standard InChI is InChI=1S/C22H28O2/c1-17-3-7-19(8-4-17)15-23-21-11-13-22(14-12-21)24-16-20-9-5-18(2)6-10-20/h3-10,21-22H,11-16H2,1-2H3. The molecule has 0 heterocycles. The summed E-state index contributed by atoms with van der Waals surface area (Å²) in [5.41, 5.74) is 5.12. The van der Waals surface area contributed by atoms with Crippen LogP contribution in [0.3, 0.4) is 0 Å². The summed E-state index contributed by atoms with van der Waals surface area (Å²) >= 11 is 0. The number of aryl methyl sites for hydroxylation is 2. The first-order valence-corrected chi connectivity index (χ1v) is 9.03. The van der Waals surface area contributed by atoms with Crippen molar-refractivity contribution in [2.45, 2.75) is 65.0 Å². The van der Waals surface area contributed by atoms with Crippen molar-refractivity contribution in [2.75, 3.05) is 0 Å². The Morgan fingerprint density at radius 2 is 0.958 bits per heavy atom. The van der Waals surface area contributed by atoms with Crippen LogP contribution in [-0.4, -0.2) is 12.2 Å². The van der Waals surface area contributed by atoms with Crippen LogP contribution < -0.4 is 0 Å². The highest BCUT2D eigenvalue weighted by molar-refractivity contribution is 5.21. The first kappa shape index (κ1) is 17.2. The number of rotatable bonds is 6. The van der Waals surface area contributed by atoms with E-state index in [1.54, 1.807) is 0 Å². The first-order valence-electron chi connectivity index (χ1n) is 9.03. The minimum Gasteiger partial charge on any atom is -0.374 e. The van der Waals surface area contributed by atoms with Gasteiger partial charge in [0.05, 0.1) is 25.4 Å². The third kappa shape index (κ3) is 5.19. The molecule has 0 spiro atoms. The summed E-state index contributed by atoms with van der Waals surface area (Å²) in [5.74, 6) is 0. The van der Waals surface area contributed by atoms with E-state index < -0.39 is 0 Å². The second kappa shape index (κ2) is 8.46. The Morgan fingerprint density at radius 3 is 1.29 bits per heavy atom. The lowest BCUT2D eigenvalue weighted by Gasteiger charge is -2.28. The molecular weight excluding hydrogens is 296 g/mol. The molecule has 1 fully saturated rings. The van der Waals surface area contributed by atoms with Crippen LogP contribution in [0, 0.1) is 13.8 Å². The average Bonchev–Trinajstić information content (AvgIpc) is 2.62. The Labute approximate surface area is 145 Å². The molecule has 0 N–H and O–H groups in total. The number of hydrogen-bond acceptors (Lipinski definition) is 2. The van der Waals surface area contributed by atoms with Crippen molar-refractivity contribution >= 4 is 0 Å². The van der Waals surface area contributed by atoms with Crippen LogP contribution >= 0.6 is 0 Å². The van der Waals surface area contributed by atoms with Crippen LogP contribution in [0.2, 0.25) is 0 Å². The number of hydrogen-bond donors (Lipinski definition) is 0. The third-order valence-electron chi connectivity index (χ3n) is 4.83. The molecule has 24 heavy (non-hydrogen) atoms. The molecule has 2 aromatic rings. The Balaban J connectivity index is 1.36. The maximum atomic E-state index is 6.08. The molecule has 0 aromatic heterocycles. The van der Waals surface area contributed by atoms with E-state index in [0.29, 0.717) is 12.2 Å². The predicted octanol–water partition coefficient (Wildman–Crippen LogP) is 5.35. The van der Waals surface area contributed by atoms with Crippen molar-refractivity contribution in [2.24, 2.45) is 0 Å². The smallest absolute Gasteiger partial charge is 0.0720 e. The molecule has 2 nitrogen and oxygen atoms in total. The summed E-state index contributed by atoms with van der Waals surface area (Å²) in [5, 5.41) is 0. The van der Waals surface area contributed by atoms with Crippen LogP contribution in [-0.2, 0) is 22.7 Å². The Bertz CT molecular complexity index is 550. The van der Waals surface area contributed by atoms with Crippen LogP contribution in [0.5, 0.6) is 0 Å². The molecule has 0 unspecified atom stereocenters. The Kier molecular flexibility index (Phi) is 6.06. The summed E-state index contributed by atoms with van der Waals surface area (Å²) in [4.78, 5) is 0. The lowest BCUT2D eigenvalue weighted by atomic mass is 9.95. The van der Waals surface area contributed by atoms with Gasteiger partial charge < -0.3 is 9.47 Å². The van der Waals surface area contributed by atoms with Gasteiger partial charge in [-0.2, -0.15) is 0 Å². The fraction of sp³-hybridized carbons (Fsp3) is 0.455. The molecule has 0 radical (unpaired) electrons. The normalized spacial score (nSPS) is 20.9. The molecule has 0 aliphatic heterocycles. The highest BCUT2D eigenvalue weighted by atomic mass is 16.5. The maximum Gasteiger partial charge on any atom is 0.0720 e. The van der Waals surface area contributed by atoms with E-state index in [1.165, 1.54) is 22.3 Å².